The van der Waals surface area contributed by atoms with Crippen LogP contribution in [0.3, 0.4) is 0 Å². The molecule has 8 nitrogen and oxygen atoms in total. The van der Waals surface area contributed by atoms with Gasteiger partial charge < -0.3 is 25.6 Å². The molecule has 0 spiro atoms. The molecule has 2 saturated heterocycles. The number of likely N-dealkylation sites (tertiary alicyclic amines) is 1. The number of nitrogen functional groups attached to an aromatic ring is 1. The molecule has 2 aliphatic heterocycles. The van der Waals surface area contributed by atoms with E-state index in [0.717, 1.165) is 43.9 Å². The largest absolute Gasteiger partial charge is 0.449 e. The van der Waals surface area contributed by atoms with Crippen molar-refractivity contribution in [3.05, 3.63) is 11.8 Å². The van der Waals surface area contributed by atoms with Crippen molar-refractivity contribution in [1.29, 1.82) is 0 Å². The van der Waals surface area contributed by atoms with E-state index >= 15 is 0 Å². The van der Waals surface area contributed by atoms with Crippen LogP contribution in [-0.4, -0.2) is 66.8 Å². The number of hydrogen-bond acceptors (Lipinski definition) is 7. The van der Waals surface area contributed by atoms with Crippen molar-refractivity contribution in [1.82, 2.24) is 20.2 Å². The second kappa shape index (κ2) is 8.73. The molecule has 1 aromatic rings. The summed E-state index contributed by atoms with van der Waals surface area (Å²) in [5, 5.41) is 3.32. The normalized spacial score (nSPS) is 21.1. The Kier molecular flexibility index (Phi) is 6.36. The number of likely N-dealkylation sites (N-methyl/N-ethyl adjacent to an activating group) is 1. The van der Waals surface area contributed by atoms with Gasteiger partial charge in [0, 0.05) is 44.2 Å². The first-order valence-corrected chi connectivity index (χ1v) is 9.94. The monoisotopic (exact) mass is 376 g/mol. The summed E-state index contributed by atoms with van der Waals surface area (Å²) in [7, 11) is 1.99. The van der Waals surface area contributed by atoms with Gasteiger partial charge >= 0.3 is 6.09 Å². The summed E-state index contributed by atoms with van der Waals surface area (Å²) >= 11 is 0. The first kappa shape index (κ1) is 19.7. The first-order chi connectivity index (χ1) is 13.0. The van der Waals surface area contributed by atoms with Gasteiger partial charge in [-0.25, -0.2) is 9.78 Å². The predicted molar refractivity (Wildman–Crippen MR) is 106 cm³/mol. The average Bonchev–Trinajstić information content (AvgIpc) is 3.15. The molecule has 0 aliphatic carbocycles. The van der Waals surface area contributed by atoms with Crippen LogP contribution < -0.4 is 16.0 Å². The predicted octanol–water partition coefficient (Wildman–Crippen LogP) is 1.83. The van der Waals surface area contributed by atoms with E-state index in [-0.39, 0.29) is 6.09 Å². The number of nitrogens with zero attached hydrogens (tertiary/aromatic N) is 4. The Bertz CT molecular complexity index is 645. The van der Waals surface area contributed by atoms with Crippen molar-refractivity contribution in [2.75, 3.05) is 50.5 Å². The summed E-state index contributed by atoms with van der Waals surface area (Å²) in [6, 6.07) is 2.57. The smallest absolute Gasteiger partial charge is 0.409 e. The van der Waals surface area contributed by atoms with Crippen molar-refractivity contribution in [2.45, 2.75) is 45.1 Å². The first-order valence-electron chi connectivity index (χ1n) is 9.94. The third kappa shape index (κ3) is 5.00. The third-order valence-electron chi connectivity index (χ3n) is 5.38. The Morgan fingerprint density at radius 1 is 1.30 bits per heavy atom. The second-order valence-electron chi connectivity index (χ2n) is 7.96. The highest BCUT2D eigenvalue weighted by atomic mass is 16.6. The van der Waals surface area contributed by atoms with E-state index in [0.29, 0.717) is 43.5 Å². The van der Waals surface area contributed by atoms with Gasteiger partial charge in [0.2, 0.25) is 5.95 Å². The maximum absolute atomic E-state index is 12.1. The third-order valence-corrected chi connectivity index (χ3v) is 5.38. The lowest BCUT2D eigenvalue weighted by molar-refractivity contribution is 0.0832. The molecule has 8 heteroatoms. The van der Waals surface area contributed by atoms with Crippen LogP contribution in [-0.2, 0) is 4.74 Å². The van der Waals surface area contributed by atoms with Crippen LogP contribution in [0, 0.1) is 5.92 Å². The average molecular weight is 377 g/mol. The van der Waals surface area contributed by atoms with Gasteiger partial charge in [0.1, 0.15) is 5.82 Å². The van der Waals surface area contributed by atoms with Crippen LogP contribution in [0.4, 0.5) is 16.6 Å². The molecule has 3 N–H and O–H groups in total. The summed E-state index contributed by atoms with van der Waals surface area (Å²) in [5.74, 6) is 1.89. The van der Waals surface area contributed by atoms with E-state index in [1.54, 1.807) is 4.90 Å². The Balaban J connectivity index is 1.60. The number of piperidine rings is 1. The molecule has 0 saturated carbocycles. The van der Waals surface area contributed by atoms with Crippen LogP contribution in [0.1, 0.15) is 44.7 Å². The molecule has 1 atom stereocenters. The summed E-state index contributed by atoms with van der Waals surface area (Å²) in [6.07, 6.45) is 2.63. The van der Waals surface area contributed by atoms with E-state index in [2.05, 4.69) is 26.3 Å². The molecule has 150 valence electrons. The quantitative estimate of drug-likeness (QED) is 0.809. The molecular formula is C19H32N6O2. The van der Waals surface area contributed by atoms with Gasteiger partial charge in [-0.2, -0.15) is 4.98 Å². The van der Waals surface area contributed by atoms with Crippen molar-refractivity contribution >= 4 is 17.9 Å². The molecule has 3 heterocycles. The lowest BCUT2D eigenvalue weighted by atomic mass is 9.93. The van der Waals surface area contributed by atoms with Gasteiger partial charge in [-0.05, 0) is 32.2 Å². The Morgan fingerprint density at radius 2 is 2.04 bits per heavy atom. The minimum absolute atomic E-state index is 0.208. The highest BCUT2D eigenvalue weighted by molar-refractivity contribution is 5.67. The Morgan fingerprint density at radius 3 is 2.67 bits per heavy atom. The fourth-order valence-corrected chi connectivity index (χ4v) is 3.73. The fourth-order valence-electron chi connectivity index (χ4n) is 3.73. The Labute approximate surface area is 161 Å². The SMILES string of the molecule is CN[C@@H]1CCN(c2cc(C3CCN(C(=O)OCC(C)C)CC3)nc(N)n2)C1. The molecule has 27 heavy (non-hydrogen) atoms. The van der Waals surface area contributed by atoms with E-state index in [1.807, 2.05) is 20.9 Å². The number of nitrogens with two attached hydrogens (primary N) is 1. The number of amides is 1. The van der Waals surface area contributed by atoms with Gasteiger partial charge in [0.25, 0.3) is 0 Å². The summed E-state index contributed by atoms with van der Waals surface area (Å²) < 4.78 is 5.34. The molecule has 1 aromatic heterocycles. The van der Waals surface area contributed by atoms with E-state index < -0.39 is 0 Å². The number of carbonyl (C=O) groups excluding carboxylic acids is 1. The van der Waals surface area contributed by atoms with E-state index in [9.17, 15) is 4.79 Å². The number of ether oxygens (including phenoxy) is 1. The van der Waals surface area contributed by atoms with Gasteiger partial charge in [0.05, 0.1) is 12.3 Å². The highest BCUT2D eigenvalue weighted by Gasteiger charge is 2.28. The highest BCUT2D eigenvalue weighted by Crippen LogP contribution is 2.30. The standard InChI is InChI=1S/C19H32N6O2/c1-13(2)12-27-19(26)24-7-4-14(5-8-24)16-10-17(23-18(20)22-16)25-9-6-15(11-25)21-3/h10,13-15,21H,4-9,11-12H2,1-3H3,(H2,20,22,23)/t15-/m1/s1. The molecule has 2 fully saturated rings. The van der Waals surface area contributed by atoms with Crippen LogP contribution in [0.15, 0.2) is 6.07 Å². The number of anilines is 2. The van der Waals surface area contributed by atoms with Crippen molar-refractivity contribution in [3.8, 4) is 0 Å². The summed E-state index contributed by atoms with van der Waals surface area (Å²) in [5.41, 5.74) is 6.98. The van der Waals surface area contributed by atoms with Crippen molar-refractivity contribution in [3.63, 3.8) is 0 Å². The minimum Gasteiger partial charge on any atom is -0.449 e. The topological polar surface area (TPSA) is 96.6 Å². The van der Waals surface area contributed by atoms with E-state index in [1.165, 1.54) is 0 Å². The lowest BCUT2D eigenvalue weighted by Gasteiger charge is -2.31. The molecule has 1 amide bonds. The molecule has 3 rings (SSSR count). The Hall–Kier alpha value is -2.09. The van der Waals surface area contributed by atoms with Crippen LogP contribution >= 0.6 is 0 Å². The summed E-state index contributed by atoms with van der Waals surface area (Å²) in [6.45, 7) is 7.83. The van der Waals surface area contributed by atoms with Gasteiger partial charge in [-0.15, -0.1) is 0 Å². The van der Waals surface area contributed by atoms with Crippen LogP contribution in [0.5, 0.6) is 0 Å². The van der Waals surface area contributed by atoms with Crippen molar-refractivity contribution < 1.29 is 9.53 Å². The molecular weight excluding hydrogens is 344 g/mol. The number of hydrogen-bond donors (Lipinski definition) is 2. The lowest BCUT2D eigenvalue weighted by Crippen LogP contribution is -2.39. The maximum Gasteiger partial charge on any atom is 0.409 e. The number of aromatic nitrogens is 2. The molecule has 0 radical (unpaired) electrons. The maximum atomic E-state index is 12.1. The zero-order valence-electron chi connectivity index (χ0n) is 16.6. The molecule has 0 aromatic carbocycles. The second-order valence-corrected chi connectivity index (χ2v) is 7.96. The van der Waals surface area contributed by atoms with Crippen LogP contribution in [0.2, 0.25) is 0 Å². The van der Waals surface area contributed by atoms with Crippen molar-refractivity contribution in [2.24, 2.45) is 5.92 Å². The van der Waals surface area contributed by atoms with E-state index in [4.69, 9.17) is 10.5 Å². The van der Waals surface area contributed by atoms with Crippen LogP contribution in [0.25, 0.3) is 0 Å². The number of rotatable bonds is 5. The van der Waals surface area contributed by atoms with Gasteiger partial charge in [-0.1, -0.05) is 13.8 Å². The molecule has 0 unspecified atom stereocenters. The molecule has 0 bridgehead atoms. The van der Waals surface area contributed by atoms with Gasteiger partial charge in [-0.3, -0.25) is 0 Å². The fraction of sp³-hybridized carbons (Fsp3) is 0.737. The number of carbonyl (C=O) groups is 1. The van der Waals surface area contributed by atoms with Gasteiger partial charge in [0.15, 0.2) is 0 Å². The number of nitrogens with one attached hydrogen (secondary N) is 1. The zero-order chi connectivity index (χ0) is 19.4. The minimum atomic E-state index is -0.208. The molecule has 2 aliphatic rings. The summed E-state index contributed by atoms with van der Waals surface area (Å²) in [4.78, 5) is 25.1. The zero-order valence-corrected chi connectivity index (χ0v) is 16.6.